The molecule has 0 saturated heterocycles. The number of unbranched alkanes of at least 4 members (excludes halogenated alkanes) is 1. The third-order valence-electron chi connectivity index (χ3n) is 5.50. The molecule has 7 heteroatoms. The molecule has 1 atom stereocenters. The maximum Gasteiger partial charge on any atom is 0.257 e. The van der Waals surface area contributed by atoms with Gasteiger partial charge in [0.05, 0.1) is 12.2 Å². The molecular formula is C23H27N3O3S. The number of allylic oxidation sites excluding steroid dienone is 2. The maximum absolute atomic E-state index is 13.1. The van der Waals surface area contributed by atoms with E-state index in [0.717, 1.165) is 48.4 Å². The first-order chi connectivity index (χ1) is 14.6. The van der Waals surface area contributed by atoms with Crippen molar-refractivity contribution in [1.29, 1.82) is 0 Å². The minimum Gasteiger partial charge on any atom is -0.494 e. The van der Waals surface area contributed by atoms with Crippen molar-refractivity contribution < 1.29 is 9.53 Å². The van der Waals surface area contributed by atoms with E-state index in [4.69, 9.17) is 9.72 Å². The van der Waals surface area contributed by atoms with Gasteiger partial charge in [0.25, 0.3) is 5.56 Å². The molecule has 2 aromatic rings. The second kappa shape index (κ2) is 9.08. The molecule has 0 spiro atoms. The number of benzene rings is 1. The molecule has 1 aromatic heterocycles. The van der Waals surface area contributed by atoms with E-state index in [1.165, 1.54) is 0 Å². The van der Waals surface area contributed by atoms with Crippen molar-refractivity contribution in [2.75, 3.05) is 17.7 Å². The van der Waals surface area contributed by atoms with E-state index < -0.39 is 5.92 Å². The largest absolute Gasteiger partial charge is 0.494 e. The number of carbonyl (C=O) groups excluding carboxylic acids is 1. The number of carbonyl (C=O) groups is 1. The van der Waals surface area contributed by atoms with Crippen LogP contribution in [0.1, 0.15) is 63.0 Å². The van der Waals surface area contributed by atoms with Crippen LogP contribution in [0.3, 0.4) is 0 Å². The minimum atomic E-state index is -0.411. The summed E-state index contributed by atoms with van der Waals surface area (Å²) in [5.41, 5.74) is 2.85. The topological polar surface area (TPSA) is 84.1 Å². The third-order valence-corrected chi connectivity index (χ3v) is 6.46. The maximum atomic E-state index is 13.1. The highest BCUT2D eigenvalue weighted by molar-refractivity contribution is 7.99. The quantitative estimate of drug-likeness (QED) is 0.382. The molecule has 0 amide bonds. The molecule has 6 nitrogen and oxygen atoms in total. The summed E-state index contributed by atoms with van der Waals surface area (Å²) in [6.45, 7) is 4.67. The molecule has 158 valence electrons. The number of hydrogen-bond acceptors (Lipinski definition) is 6. The fourth-order valence-corrected chi connectivity index (χ4v) is 5.03. The van der Waals surface area contributed by atoms with Crippen LogP contribution in [0.4, 0.5) is 5.82 Å². The molecule has 1 aliphatic heterocycles. The molecule has 0 radical (unpaired) electrons. The highest BCUT2D eigenvalue weighted by atomic mass is 32.2. The Bertz CT molecular complexity index is 1030. The number of nitrogens with one attached hydrogen (secondary N) is 2. The molecule has 0 saturated carbocycles. The number of thioether (sulfide) groups is 1. The fourth-order valence-electron chi connectivity index (χ4n) is 4.08. The Morgan fingerprint density at radius 1 is 1.17 bits per heavy atom. The van der Waals surface area contributed by atoms with Crippen LogP contribution in [-0.2, 0) is 4.79 Å². The zero-order valence-electron chi connectivity index (χ0n) is 17.4. The van der Waals surface area contributed by atoms with Gasteiger partial charge in [0, 0.05) is 29.4 Å². The Hall–Kier alpha value is -2.54. The van der Waals surface area contributed by atoms with Gasteiger partial charge in [-0.15, -0.1) is 0 Å². The number of rotatable bonds is 7. The number of H-pyrrole nitrogens is 1. The van der Waals surface area contributed by atoms with Gasteiger partial charge in [-0.25, -0.2) is 4.98 Å². The molecule has 2 heterocycles. The first-order valence-electron chi connectivity index (χ1n) is 10.6. The van der Waals surface area contributed by atoms with Crippen LogP contribution >= 0.6 is 11.8 Å². The Kier molecular flexibility index (Phi) is 6.27. The Labute approximate surface area is 180 Å². The zero-order chi connectivity index (χ0) is 21.1. The van der Waals surface area contributed by atoms with E-state index in [9.17, 15) is 9.59 Å². The van der Waals surface area contributed by atoms with Gasteiger partial charge in [0.1, 0.15) is 11.6 Å². The summed E-state index contributed by atoms with van der Waals surface area (Å²) in [5, 5.41) is 3.94. The number of fused-ring (bicyclic) bond motifs is 1. The smallest absolute Gasteiger partial charge is 0.257 e. The number of anilines is 1. The summed E-state index contributed by atoms with van der Waals surface area (Å²) >= 11 is 1.56. The number of ether oxygens (including phenoxy) is 1. The SMILES string of the molecule is CCCCSc1nc2c(c(=O)[nH]1)C(c1ccc(OCC)cc1)C1=C(CCCC1=O)N2. The third kappa shape index (κ3) is 4.03. The summed E-state index contributed by atoms with van der Waals surface area (Å²) in [6.07, 6.45) is 4.29. The number of hydrogen-bond donors (Lipinski definition) is 2. The average molecular weight is 426 g/mol. The van der Waals surface area contributed by atoms with Gasteiger partial charge >= 0.3 is 0 Å². The molecule has 2 aliphatic rings. The monoisotopic (exact) mass is 425 g/mol. The lowest BCUT2D eigenvalue weighted by Gasteiger charge is -2.32. The summed E-state index contributed by atoms with van der Waals surface area (Å²) in [6, 6.07) is 7.68. The van der Waals surface area contributed by atoms with Crippen molar-refractivity contribution in [3.8, 4) is 5.75 Å². The van der Waals surface area contributed by atoms with E-state index >= 15 is 0 Å². The van der Waals surface area contributed by atoms with E-state index in [0.29, 0.717) is 35.1 Å². The average Bonchev–Trinajstić information content (AvgIpc) is 2.73. The molecule has 0 bridgehead atoms. The van der Waals surface area contributed by atoms with Crippen LogP contribution in [0.5, 0.6) is 5.75 Å². The van der Waals surface area contributed by atoms with Crippen molar-refractivity contribution in [2.45, 2.75) is 57.0 Å². The normalized spacial score (nSPS) is 17.9. The molecule has 4 rings (SSSR count). The molecule has 30 heavy (non-hydrogen) atoms. The molecule has 1 aromatic carbocycles. The first kappa shape index (κ1) is 20.7. The summed E-state index contributed by atoms with van der Waals surface area (Å²) in [5.74, 6) is 1.95. The van der Waals surface area contributed by atoms with Gasteiger partial charge in [-0.1, -0.05) is 37.2 Å². The highest BCUT2D eigenvalue weighted by Gasteiger charge is 2.37. The number of aromatic amines is 1. The van der Waals surface area contributed by atoms with Crippen LogP contribution in [0, 0.1) is 0 Å². The Balaban J connectivity index is 1.79. The van der Waals surface area contributed by atoms with Crippen LogP contribution in [0.2, 0.25) is 0 Å². The predicted octanol–water partition coefficient (Wildman–Crippen LogP) is 4.63. The molecule has 1 aliphatic carbocycles. The summed E-state index contributed by atoms with van der Waals surface area (Å²) < 4.78 is 5.56. The molecule has 1 unspecified atom stereocenters. The number of nitrogens with zero attached hydrogens (tertiary/aromatic N) is 1. The molecule has 2 N–H and O–H groups in total. The van der Waals surface area contributed by atoms with Crippen molar-refractivity contribution in [3.63, 3.8) is 0 Å². The van der Waals surface area contributed by atoms with Crippen molar-refractivity contribution in [1.82, 2.24) is 9.97 Å². The van der Waals surface area contributed by atoms with Crippen molar-refractivity contribution in [2.24, 2.45) is 0 Å². The van der Waals surface area contributed by atoms with Crippen molar-refractivity contribution in [3.05, 3.63) is 57.0 Å². The standard InChI is InChI=1S/C23H27N3O3S/c1-3-5-13-30-23-25-21-20(22(28)26-23)18(14-9-11-15(12-10-14)29-4-2)19-16(24-21)7-6-8-17(19)27/h9-12,18H,3-8,13H2,1-2H3,(H2,24,25,26,28). The zero-order valence-corrected chi connectivity index (χ0v) is 18.2. The van der Waals surface area contributed by atoms with Gasteiger partial charge in [-0.05, 0) is 43.9 Å². The van der Waals surface area contributed by atoms with E-state index in [1.807, 2.05) is 31.2 Å². The highest BCUT2D eigenvalue weighted by Crippen LogP contribution is 2.43. The van der Waals surface area contributed by atoms with Gasteiger partial charge in [-0.2, -0.15) is 0 Å². The minimum absolute atomic E-state index is 0.106. The lowest BCUT2D eigenvalue weighted by Crippen LogP contribution is -2.32. The molecular weight excluding hydrogens is 398 g/mol. The van der Waals surface area contributed by atoms with Gasteiger partial charge < -0.3 is 15.0 Å². The fraction of sp³-hybridized carbons (Fsp3) is 0.435. The Morgan fingerprint density at radius 3 is 2.70 bits per heavy atom. The number of aromatic nitrogens is 2. The van der Waals surface area contributed by atoms with E-state index in [2.05, 4.69) is 17.2 Å². The summed E-state index contributed by atoms with van der Waals surface area (Å²) in [4.78, 5) is 33.7. The van der Waals surface area contributed by atoms with Crippen LogP contribution < -0.4 is 15.6 Å². The Morgan fingerprint density at radius 2 is 1.97 bits per heavy atom. The van der Waals surface area contributed by atoms with E-state index in [-0.39, 0.29) is 11.3 Å². The van der Waals surface area contributed by atoms with Gasteiger partial charge in [0.15, 0.2) is 10.9 Å². The van der Waals surface area contributed by atoms with Crippen LogP contribution in [0.15, 0.2) is 45.5 Å². The number of Topliss-reactive ketones (excluding diaryl/α,β-unsaturated/α-hetero) is 1. The second-order valence-electron chi connectivity index (χ2n) is 7.56. The second-order valence-corrected chi connectivity index (χ2v) is 8.65. The first-order valence-corrected chi connectivity index (χ1v) is 11.6. The van der Waals surface area contributed by atoms with E-state index in [1.54, 1.807) is 11.8 Å². The molecule has 0 fully saturated rings. The number of ketones is 1. The lowest BCUT2D eigenvalue weighted by molar-refractivity contribution is -0.116. The summed E-state index contributed by atoms with van der Waals surface area (Å²) in [7, 11) is 0. The van der Waals surface area contributed by atoms with Crippen LogP contribution in [-0.4, -0.2) is 28.1 Å². The predicted molar refractivity (Wildman–Crippen MR) is 119 cm³/mol. The van der Waals surface area contributed by atoms with Crippen LogP contribution in [0.25, 0.3) is 0 Å². The van der Waals surface area contributed by atoms with Gasteiger partial charge in [0.2, 0.25) is 0 Å². The van der Waals surface area contributed by atoms with Gasteiger partial charge in [-0.3, -0.25) is 9.59 Å². The van der Waals surface area contributed by atoms with Crippen molar-refractivity contribution >= 4 is 23.4 Å². The lowest BCUT2D eigenvalue weighted by atomic mass is 9.76.